The molecule has 1 saturated heterocycles. The van der Waals surface area contributed by atoms with Gasteiger partial charge >= 0.3 is 6.18 Å². The van der Waals surface area contributed by atoms with E-state index in [0.29, 0.717) is 49.4 Å². The summed E-state index contributed by atoms with van der Waals surface area (Å²) >= 11 is 0.735. The van der Waals surface area contributed by atoms with E-state index in [1.807, 2.05) is 6.20 Å². The number of halogens is 3. The van der Waals surface area contributed by atoms with Crippen molar-refractivity contribution in [1.82, 2.24) is 14.7 Å². The number of hydrogen-bond acceptors (Lipinski definition) is 7. The molecule has 3 atom stereocenters. The smallest absolute Gasteiger partial charge is 0.392 e. The molecule has 4 heterocycles. The zero-order chi connectivity index (χ0) is 25.6. The van der Waals surface area contributed by atoms with Crippen LogP contribution < -0.4 is 0 Å². The van der Waals surface area contributed by atoms with Crippen molar-refractivity contribution in [3.05, 3.63) is 38.8 Å². The van der Waals surface area contributed by atoms with E-state index in [9.17, 15) is 28.5 Å². The van der Waals surface area contributed by atoms with Crippen molar-refractivity contribution in [1.29, 1.82) is 0 Å². The van der Waals surface area contributed by atoms with Gasteiger partial charge in [-0.05, 0) is 45.6 Å². The molecule has 1 spiro atoms. The van der Waals surface area contributed by atoms with E-state index < -0.39 is 35.0 Å². The van der Waals surface area contributed by atoms with Gasteiger partial charge in [0.1, 0.15) is 10.5 Å². The van der Waals surface area contributed by atoms with E-state index in [2.05, 4.69) is 16.9 Å². The second-order valence-corrected chi connectivity index (χ2v) is 11.5. The second-order valence-electron chi connectivity index (χ2n) is 10.5. The number of nitrogens with zero attached hydrogens (tertiary/aromatic N) is 3. The first-order valence-corrected chi connectivity index (χ1v) is 12.8. The van der Waals surface area contributed by atoms with Gasteiger partial charge in [-0.15, -0.1) is 11.3 Å². The van der Waals surface area contributed by atoms with Crippen molar-refractivity contribution in [2.75, 3.05) is 13.2 Å². The van der Waals surface area contributed by atoms with E-state index in [0.717, 1.165) is 16.9 Å². The minimum Gasteiger partial charge on any atom is -0.392 e. The van der Waals surface area contributed by atoms with Gasteiger partial charge in [0.2, 0.25) is 0 Å². The topological polar surface area (TPSA) is 91.0 Å². The van der Waals surface area contributed by atoms with Crippen LogP contribution in [0.2, 0.25) is 0 Å². The van der Waals surface area contributed by atoms with Gasteiger partial charge in [-0.1, -0.05) is 0 Å². The first-order chi connectivity index (χ1) is 16.3. The predicted molar refractivity (Wildman–Crippen MR) is 125 cm³/mol. The molecule has 3 N–H and O–H groups in total. The summed E-state index contributed by atoms with van der Waals surface area (Å²) in [5.74, 6) is 0. The number of fused-ring (bicyclic) bond motifs is 2. The number of aliphatic hydroxyl groups is 3. The van der Waals surface area contributed by atoms with Gasteiger partial charge < -0.3 is 20.1 Å². The number of hydrogen-bond donors (Lipinski definition) is 3. The number of ether oxygens (including phenoxy) is 1. The lowest BCUT2D eigenvalue weighted by Gasteiger charge is -2.47. The Balaban J connectivity index is 1.45. The van der Waals surface area contributed by atoms with Crippen molar-refractivity contribution in [2.24, 2.45) is 0 Å². The summed E-state index contributed by atoms with van der Waals surface area (Å²) in [4.78, 5) is 2.19. The van der Waals surface area contributed by atoms with Crippen molar-refractivity contribution in [3.8, 4) is 0 Å². The Morgan fingerprint density at radius 2 is 2.09 bits per heavy atom. The fourth-order valence-corrected chi connectivity index (χ4v) is 6.86. The lowest BCUT2D eigenvalue weighted by molar-refractivity contribution is -0.135. The minimum atomic E-state index is -4.49. The summed E-state index contributed by atoms with van der Waals surface area (Å²) in [5, 5.41) is 34.1. The van der Waals surface area contributed by atoms with Crippen LogP contribution in [0.5, 0.6) is 0 Å². The maximum atomic E-state index is 13.6. The zero-order valence-electron chi connectivity index (χ0n) is 20.3. The molecule has 7 nitrogen and oxygen atoms in total. The molecule has 11 heteroatoms. The Labute approximate surface area is 207 Å². The molecule has 0 saturated carbocycles. The minimum absolute atomic E-state index is 0.00875. The molecule has 1 unspecified atom stereocenters. The molecule has 2 aliphatic rings. The number of piperidine rings is 1. The number of thiophene rings is 1. The third-order valence-electron chi connectivity index (χ3n) is 6.93. The molecule has 1 fully saturated rings. The first kappa shape index (κ1) is 26.6. The Bertz CT molecular complexity index is 1030. The summed E-state index contributed by atoms with van der Waals surface area (Å²) in [5.41, 5.74) is -0.118. The highest BCUT2D eigenvalue weighted by Crippen LogP contribution is 2.51. The van der Waals surface area contributed by atoms with Gasteiger partial charge in [0.15, 0.2) is 0 Å². The average Bonchev–Trinajstić information content (AvgIpc) is 3.33. The van der Waals surface area contributed by atoms with Crippen LogP contribution in [0, 0.1) is 0 Å². The molecule has 4 rings (SSSR count). The number of rotatable bonds is 7. The predicted octanol–water partition coefficient (Wildman–Crippen LogP) is 3.43. The molecule has 35 heavy (non-hydrogen) atoms. The molecule has 0 amide bonds. The standard InChI is InChI=1S/C24H34F3N3O4S/c1-15-8-23(20-18(4-7-34-23)19(14-31)21(35-20)24(25,26)27)5-6-29(15)11-16-10-28-30(12-16)13-17(32)9-22(2,3)33/h10,12,15,17,31-33H,4-9,11,13-14H2,1-3H3/t15-,17?,23+/m0/s1. The molecule has 0 aromatic carbocycles. The van der Waals surface area contributed by atoms with Crippen molar-refractivity contribution in [2.45, 2.75) is 95.7 Å². The summed E-state index contributed by atoms with van der Waals surface area (Å²) in [6.07, 6.45) is 0.196. The average molecular weight is 518 g/mol. The van der Waals surface area contributed by atoms with E-state index in [1.165, 1.54) is 0 Å². The summed E-state index contributed by atoms with van der Waals surface area (Å²) in [6, 6.07) is 0.0628. The van der Waals surface area contributed by atoms with E-state index >= 15 is 0 Å². The highest BCUT2D eigenvalue weighted by molar-refractivity contribution is 7.12. The number of aliphatic hydroxyl groups excluding tert-OH is 2. The molecular weight excluding hydrogens is 483 g/mol. The van der Waals surface area contributed by atoms with Gasteiger partial charge in [-0.2, -0.15) is 18.3 Å². The Kier molecular flexibility index (Phi) is 7.40. The van der Waals surface area contributed by atoms with Crippen LogP contribution in [0.25, 0.3) is 0 Å². The van der Waals surface area contributed by atoms with Crippen LogP contribution >= 0.6 is 11.3 Å². The molecule has 196 valence electrons. The second kappa shape index (κ2) is 9.75. The number of alkyl halides is 3. The van der Waals surface area contributed by atoms with Crippen LogP contribution in [0.4, 0.5) is 13.2 Å². The molecule has 2 aromatic heterocycles. The summed E-state index contributed by atoms with van der Waals surface area (Å²) in [7, 11) is 0. The van der Waals surface area contributed by atoms with Gasteiger partial charge in [0.25, 0.3) is 0 Å². The van der Waals surface area contributed by atoms with E-state index in [1.54, 1.807) is 24.7 Å². The van der Waals surface area contributed by atoms with Gasteiger partial charge in [-0.3, -0.25) is 9.58 Å². The van der Waals surface area contributed by atoms with E-state index in [4.69, 9.17) is 4.74 Å². The van der Waals surface area contributed by atoms with Crippen LogP contribution in [-0.4, -0.2) is 60.9 Å². The van der Waals surface area contributed by atoms with Gasteiger partial charge in [0.05, 0.1) is 37.7 Å². The van der Waals surface area contributed by atoms with Gasteiger partial charge in [0, 0.05) is 47.8 Å². The largest absolute Gasteiger partial charge is 0.425 e. The molecule has 0 aliphatic carbocycles. The van der Waals surface area contributed by atoms with Crippen LogP contribution in [0.15, 0.2) is 12.4 Å². The van der Waals surface area contributed by atoms with Crippen molar-refractivity contribution >= 4 is 11.3 Å². The third kappa shape index (κ3) is 5.75. The SMILES string of the molecule is C[C@H]1C[C@@]2(CCN1Cc1cnn(CC(O)CC(C)(C)O)c1)OCCc1c2sc(C(F)(F)F)c1CO. The van der Waals surface area contributed by atoms with Crippen LogP contribution in [0.1, 0.15) is 66.5 Å². The number of aromatic nitrogens is 2. The molecule has 0 radical (unpaired) electrons. The maximum Gasteiger partial charge on any atom is 0.425 e. The molecule has 2 aliphatic heterocycles. The third-order valence-corrected chi connectivity index (χ3v) is 8.44. The lowest BCUT2D eigenvalue weighted by Crippen LogP contribution is -2.50. The lowest BCUT2D eigenvalue weighted by atomic mass is 9.81. The number of likely N-dealkylation sites (tertiary alicyclic amines) is 1. The van der Waals surface area contributed by atoms with Crippen LogP contribution in [0.3, 0.4) is 0 Å². The Hall–Kier alpha value is -1.50. The highest BCUT2D eigenvalue weighted by atomic mass is 32.1. The normalized spacial score (nSPS) is 24.7. The zero-order valence-corrected chi connectivity index (χ0v) is 21.1. The fourth-order valence-electron chi connectivity index (χ4n) is 5.45. The van der Waals surface area contributed by atoms with Crippen LogP contribution in [-0.2, 0) is 42.6 Å². The highest BCUT2D eigenvalue weighted by Gasteiger charge is 2.48. The fraction of sp³-hybridized carbons (Fsp3) is 0.708. The molecule has 0 bridgehead atoms. The quantitative estimate of drug-likeness (QED) is 0.522. The Morgan fingerprint density at radius 1 is 1.34 bits per heavy atom. The van der Waals surface area contributed by atoms with E-state index in [-0.39, 0.29) is 24.6 Å². The summed E-state index contributed by atoms with van der Waals surface area (Å²) < 4.78 is 48.8. The maximum absolute atomic E-state index is 13.6. The monoisotopic (exact) mass is 517 g/mol. The van der Waals surface area contributed by atoms with Gasteiger partial charge in [-0.25, -0.2) is 0 Å². The first-order valence-electron chi connectivity index (χ1n) is 11.9. The molecular formula is C24H34F3N3O4S. The molecule has 2 aromatic rings. The summed E-state index contributed by atoms with van der Waals surface area (Å²) in [6.45, 7) is 6.66. The Morgan fingerprint density at radius 3 is 2.71 bits per heavy atom. The van der Waals surface area contributed by atoms with Crippen molar-refractivity contribution < 1.29 is 33.2 Å². The van der Waals surface area contributed by atoms with Crippen molar-refractivity contribution in [3.63, 3.8) is 0 Å².